The monoisotopic (exact) mass is 308 g/mol. The van der Waals surface area contributed by atoms with E-state index in [2.05, 4.69) is 5.32 Å². The molecule has 2 rings (SSSR count). The van der Waals surface area contributed by atoms with Gasteiger partial charge in [-0.1, -0.05) is 6.42 Å². The van der Waals surface area contributed by atoms with Crippen LogP contribution in [-0.4, -0.2) is 46.8 Å². The highest BCUT2D eigenvalue weighted by atomic mass is 19.4. The number of carboxylic acid groups (broad SMARTS) is 1. The van der Waals surface area contributed by atoms with E-state index in [-0.39, 0.29) is 6.04 Å². The average molecular weight is 308 g/mol. The first-order valence-corrected chi connectivity index (χ1v) is 7.01. The van der Waals surface area contributed by atoms with Gasteiger partial charge in [-0.05, 0) is 32.6 Å². The lowest BCUT2D eigenvalue weighted by Gasteiger charge is -2.31. The van der Waals surface area contributed by atoms with Gasteiger partial charge in [0.15, 0.2) is 0 Å². The summed E-state index contributed by atoms with van der Waals surface area (Å²) in [7, 11) is 0. The number of rotatable bonds is 4. The van der Waals surface area contributed by atoms with Crippen LogP contribution in [0.15, 0.2) is 0 Å². The van der Waals surface area contributed by atoms with E-state index >= 15 is 0 Å². The van der Waals surface area contributed by atoms with E-state index in [4.69, 9.17) is 0 Å². The second-order valence-electron chi connectivity index (χ2n) is 6.09. The Morgan fingerprint density at radius 1 is 1.33 bits per heavy atom. The largest absolute Gasteiger partial charge is 0.481 e. The SMILES string of the molecule is CC1(C(=O)O)CCCC1NC(=O)N(CC(F)(F)F)C1CC1. The van der Waals surface area contributed by atoms with E-state index in [1.165, 1.54) is 6.92 Å². The summed E-state index contributed by atoms with van der Waals surface area (Å²) < 4.78 is 37.6. The molecule has 2 unspecified atom stereocenters. The van der Waals surface area contributed by atoms with Crippen molar-refractivity contribution in [2.24, 2.45) is 5.41 Å². The van der Waals surface area contributed by atoms with Gasteiger partial charge in [0, 0.05) is 12.1 Å². The summed E-state index contributed by atoms with van der Waals surface area (Å²) in [5.74, 6) is -1.03. The van der Waals surface area contributed by atoms with Crippen LogP contribution in [0.4, 0.5) is 18.0 Å². The van der Waals surface area contributed by atoms with Crippen LogP contribution < -0.4 is 5.32 Å². The molecule has 120 valence electrons. The molecule has 2 saturated carbocycles. The zero-order chi connectivity index (χ0) is 15.8. The molecule has 2 aliphatic rings. The summed E-state index contributed by atoms with van der Waals surface area (Å²) in [6.07, 6.45) is -1.81. The number of carbonyl (C=O) groups excluding carboxylic acids is 1. The van der Waals surface area contributed by atoms with Crippen LogP contribution in [0, 0.1) is 5.41 Å². The maximum Gasteiger partial charge on any atom is 0.406 e. The highest BCUT2D eigenvalue weighted by Crippen LogP contribution is 2.39. The average Bonchev–Trinajstić information content (AvgIpc) is 3.11. The molecule has 0 aromatic heterocycles. The summed E-state index contributed by atoms with van der Waals surface area (Å²) in [5.41, 5.74) is -1.11. The number of carbonyl (C=O) groups is 2. The van der Waals surface area contributed by atoms with Crippen LogP contribution in [0.5, 0.6) is 0 Å². The van der Waals surface area contributed by atoms with E-state index in [1.54, 1.807) is 0 Å². The zero-order valence-corrected chi connectivity index (χ0v) is 11.7. The fourth-order valence-electron chi connectivity index (χ4n) is 2.83. The number of nitrogens with zero attached hydrogens (tertiary/aromatic N) is 1. The summed E-state index contributed by atoms with van der Waals surface area (Å²) in [6, 6.07) is -1.82. The number of alkyl halides is 3. The number of hydrogen-bond acceptors (Lipinski definition) is 2. The topological polar surface area (TPSA) is 69.6 Å². The molecular formula is C13H19F3N2O3. The van der Waals surface area contributed by atoms with Gasteiger partial charge in [-0.15, -0.1) is 0 Å². The van der Waals surface area contributed by atoms with Crippen molar-refractivity contribution in [3.05, 3.63) is 0 Å². The van der Waals surface area contributed by atoms with E-state index in [1.807, 2.05) is 0 Å². The van der Waals surface area contributed by atoms with E-state index in [0.717, 1.165) is 4.90 Å². The predicted octanol–water partition coefficient (Wildman–Crippen LogP) is 2.37. The minimum absolute atomic E-state index is 0.385. The fourth-order valence-corrected chi connectivity index (χ4v) is 2.83. The van der Waals surface area contributed by atoms with Crippen LogP contribution in [-0.2, 0) is 4.79 Å². The van der Waals surface area contributed by atoms with Crippen molar-refractivity contribution >= 4 is 12.0 Å². The van der Waals surface area contributed by atoms with Crippen LogP contribution in [0.3, 0.4) is 0 Å². The number of carboxylic acids is 1. The molecule has 0 bridgehead atoms. The molecule has 0 aromatic carbocycles. The third-order valence-electron chi connectivity index (χ3n) is 4.34. The van der Waals surface area contributed by atoms with Crippen LogP contribution in [0.25, 0.3) is 0 Å². The third-order valence-corrected chi connectivity index (χ3v) is 4.34. The van der Waals surface area contributed by atoms with E-state index < -0.39 is 36.2 Å². The molecule has 5 nitrogen and oxygen atoms in total. The first kappa shape index (κ1) is 15.9. The second-order valence-corrected chi connectivity index (χ2v) is 6.09. The molecule has 2 aliphatic carbocycles. The normalized spacial score (nSPS) is 29.2. The van der Waals surface area contributed by atoms with E-state index in [0.29, 0.717) is 32.1 Å². The summed E-state index contributed by atoms with van der Waals surface area (Å²) in [5, 5.41) is 11.8. The molecule has 2 atom stereocenters. The Hall–Kier alpha value is -1.47. The first-order chi connectivity index (χ1) is 9.63. The van der Waals surface area contributed by atoms with Crippen LogP contribution in [0.2, 0.25) is 0 Å². The molecule has 0 radical (unpaired) electrons. The van der Waals surface area contributed by atoms with Crippen molar-refractivity contribution in [2.75, 3.05) is 6.54 Å². The molecule has 21 heavy (non-hydrogen) atoms. The number of amides is 2. The van der Waals surface area contributed by atoms with Gasteiger partial charge in [0.25, 0.3) is 0 Å². The molecule has 0 saturated heterocycles. The smallest absolute Gasteiger partial charge is 0.406 e. The minimum Gasteiger partial charge on any atom is -0.481 e. The quantitative estimate of drug-likeness (QED) is 0.837. The number of aliphatic carboxylic acids is 1. The predicted molar refractivity (Wildman–Crippen MR) is 67.7 cm³/mol. The molecule has 0 spiro atoms. The maximum atomic E-state index is 12.5. The second kappa shape index (κ2) is 5.38. The Bertz CT molecular complexity index is 437. The van der Waals surface area contributed by atoms with Gasteiger partial charge in [0.2, 0.25) is 0 Å². The third kappa shape index (κ3) is 3.59. The van der Waals surface area contributed by atoms with Gasteiger partial charge in [-0.3, -0.25) is 4.79 Å². The van der Waals surface area contributed by atoms with Gasteiger partial charge in [-0.2, -0.15) is 13.2 Å². The number of nitrogens with one attached hydrogen (secondary N) is 1. The molecular weight excluding hydrogens is 289 g/mol. The summed E-state index contributed by atoms with van der Waals surface area (Å²) >= 11 is 0. The van der Waals surface area contributed by atoms with Gasteiger partial charge < -0.3 is 15.3 Å². The van der Waals surface area contributed by atoms with E-state index in [9.17, 15) is 27.9 Å². The standard InChI is InChI=1S/C13H19F3N2O3/c1-12(10(19)20)6-2-3-9(12)17-11(21)18(8-4-5-8)7-13(14,15)16/h8-9H,2-7H2,1H3,(H,17,21)(H,19,20). The molecule has 0 aromatic rings. The first-order valence-electron chi connectivity index (χ1n) is 7.01. The molecule has 0 heterocycles. The van der Waals surface area contributed by atoms with Crippen molar-refractivity contribution < 1.29 is 27.9 Å². The Morgan fingerprint density at radius 2 is 1.95 bits per heavy atom. The Kier molecular flexibility index (Phi) is 4.08. The van der Waals surface area contributed by atoms with Crippen molar-refractivity contribution in [2.45, 2.75) is 57.3 Å². The van der Waals surface area contributed by atoms with Crippen LogP contribution in [0.1, 0.15) is 39.0 Å². The van der Waals surface area contributed by atoms with Crippen molar-refractivity contribution in [1.82, 2.24) is 10.2 Å². The Morgan fingerprint density at radius 3 is 2.43 bits per heavy atom. The van der Waals surface area contributed by atoms with Crippen LogP contribution >= 0.6 is 0 Å². The number of urea groups is 1. The van der Waals surface area contributed by atoms with Crippen molar-refractivity contribution in [1.29, 1.82) is 0 Å². The van der Waals surface area contributed by atoms with Gasteiger partial charge in [-0.25, -0.2) is 4.79 Å². The molecule has 0 aliphatic heterocycles. The van der Waals surface area contributed by atoms with Gasteiger partial charge >= 0.3 is 18.2 Å². The molecule has 2 amide bonds. The Balaban J connectivity index is 2.03. The highest BCUT2D eigenvalue weighted by Gasteiger charge is 2.48. The summed E-state index contributed by atoms with van der Waals surface area (Å²) in [4.78, 5) is 24.2. The zero-order valence-electron chi connectivity index (χ0n) is 11.7. The lowest BCUT2D eigenvalue weighted by molar-refractivity contribution is -0.149. The minimum atomic E-state index is -4.45. The van der Waals surface area contributed by atoms with Gasteiger partial charge in [0.05, 0.1) is 5.41 Å². The number of halogens is 3. The maximum absolute atomic E-state index is 12.5. The fraction of sp³-hybridized carbons (Fsp3) is 0.846. The highest BCUT2D eigenvalue weighted by molar-refractivity contribution is 5.79. The van der Waals surface area contributed by atoms with Crippen molar-refractivity contribution in [3.63, 3.8) is 0 Å². The van der Waals surface area contributed by atoms with Gasteiger partial charge in [0.1, 0.15) is 6.54 Å². The molecule has 2 fully saturated rings. The molecule has 2 N–H and O–H groups in total. The Labute approximate surface area is 120 Å². The summed E-state index contributed by atoms with van der Waals surface area (Å²) in [6.45, 7) is 0.235. The lowest BCUT2D eigenvalue weighted by atomic mass is 9.85. The van der Waals surface area contributed by atoms with Crippen molar-refractivity contribution in [3.8, 4) is 0 Å². The lowest BCUT2D eigenvalue weighted by Crippen LogP contribution is -2.53. The molecule has 8 heteroatoms. The number of hydrogen-bond donors (Lipinski definition) is 2.